The van der Waals surface area contributed by atoms with E-state index in [9.17, 15) is 32.3 Å². The first-order valence-corrected chi connectivity index (χ1v) is 11.9. The molecule has 1 fully saturated rings. The van der Waals surface area contributed by atoms with Crippen LogP contribution < -0.4 is 14.2 Å². The highest BCUT2D eigenvalue weighted by molar-refractivity contribution is 7.11. The Balaban J connectivity index is 1.74. The number of hydrogen-bond donors (Lipinski definition) is 1. The maximum atomic E-state index is 13.4. The lowest BCUT2D eigenvalue weighted by Gasteiger charge is -2.28. The van der Waals surface area contributed by atoms with E-state index >= 15 is 0 Å². The average molecular weight is 531 g/mol. The van der Waals surface area contributed by atoms with Gasteiger partial charge in [0, 0.05) is 24.2 Å². The van der Waals surface area contributed by atoms with E-state index in [0.29, 0.717) is 34.1 Å². The molecule has 0 spiro atoms. The van der Waals surface area contributed by atoms with E-state index in [4.69, 9.17) is 4.74 Å². The lowest BCUT2D eigenvalue weighted by atomic mass is 9.92. The largest absolute Gasteiger partial charge is 0.619 e. The third-order valence-electron chi connectivity index (χ3n) is 6.10. The lowest BCUT2D eigenvalue weighted by molar-refractivity contribution is -0.605. The molecule has 2 aromatic heterocycles. The van der Waals surface area contributed by atoms with E-state index < -0.39 is 24.3 Å². The van der Waals surface area contributed by atoms with Gasteiger partial charge in [-0.25, -0.2) is 4.98 Å². The van der Waals surface area contributed by atoms with Crippen LogP contribution in [0.15, 0.2) is 48.9 Å². The maximum absolute atomic E-state index is 13.4. The molecule has 2 atom stereocenters. The van der Waals surface area contributed by atoms with Gasteiger partial charge in [0.25, 0.3) is 0 Å². The smallest absolute Gasteiger partial charge is 0.422 e. The number of halogens is 5. The number of benzene rings is 1. The van der Waals surface area contributed by atoms with E-state index in [0.717, 1.165) is 25.5 Å². The Bertz CT molecular complexity index is 1180. The van der Waals surface area contributed by atoms with E-state index in [1.165, 1.54) is 30.6 Å². The predicted octanol–water partition coefficient (Wildman–Crippen LogP) is 5.45. The van der Waals surface area contributed by atoms with Crippen molar-refractivity contribution < 1.29 is 41.3 Å². The molecule has 6 nitrogen and oxygen atoms in total. The van der Waals surface area contributed by atoms with Crippen molar-refractivity contribution in [3.05, 3.63) is 75.1 Å². The monoisotopic (exact) mass is 530 g/mol. The van der Waals surface area contributed by atoms with Gasteiger partial charge in [-0.1, -0.05) is 6.07 Å². The quantitative estimate of drug-likeness (QED) is 0.226. The summed E-state index contributed by atoms with van der Waals surface area (Å²) in [4.78, 5) is 3.79. The summed E-state index contributed by atoms with van der Waals surface area (Å²) in [7, 11) is 0. The SMILES string of the molecule is CC(O)(c1cnc(C(Cc2cc[n+]([O-])cc2)c2ccc(OC(F)F)c(OC3CCC3)c2)s1)C(F)(F)F. The van der Waals surface area contributed by atoms with Crippen LogP contribution in [0.5, 0.6) is 11.5 Å². The van der Waals surface area contributed by atoms with E-state index in [-0.39, 0.29) is 33.9 Å². The summed E-state index contributed by atoms with van der Waals surface area (Å²) in [5.74, 6) is -0.669. The number of aliphatic hydroxyl groups is 1. The number of nitrogens with zero attached hydrogens (tertiary/aromatic N) is 2. The molecular formula is C24H23F5N2O4S. The number of thiazole rings is 1. The van der Waals surface area contributed by atoms with Crippen molar-refractivity contribution in [2.45, 2.75) is 63.0 Å². The summed E-state index contributed by atoms with van der Waals surface area (Å²) >= 11 is 0.702. The molecule has 0 amide bonds. The van der Waals surface area contributed by atoms with Crippen molar-refractivity contribution >= 4 is 11.3 Å². The second-order valence-electron chi connectivity index (χ2n) is 8.71. The van der Waals surface area contributed by atoms with Gasteiger partial charge in [0.1, 0.15) is 5.01 Å². The molecule has 1 saturated carbocycles. The van der Waals surface area contributed by atoms with Crippen LogP contribution in [0.25, 0.3) is 0 Å². The molecule has 0 bridgehead atoms. The molecule has 36 heavy (non-hydrogen) atoms. The van der Waals surface area contributed by atoms with Gasteiger partial charge >= 0.3 is 12.8 Å². The Kier molecular flexibility index (Phi) is 7.37. The minimum atomic E-state index is -4.91. The first-order chi connectivity index (χ1) is 16.9. The Morgan fingerprint density at radius 2 is 1.86 bits per heavy atom. The molecule has 3 aromatic rings. The van der Waals surface area contributed by atoms with Crippen molar-refractivity contribution in [2.75, 3.05) is 0 Å². The number of alkyl halides is 5. The molecule has 12 heteroatoms. The topological polar surface area (TPSA) is 78.5 Å². The first-order valence-electron chi connectivity index (χ1n) is 11.1. The molecule has 1 N–H and O–H groups in total. The van der Waals surface area contributed by atoms with Crippen LogP contribution in [-0.2, 0) is 12.0 Å². The van der Waals surface area contributed by atoms with Crippen LogP contribution in [0.3, 0.4) is 0 Å². The number of ether oxygens (including phenoxy) is 2. The fourth-order valence-electron chi connectivity index (χ4n) is 3.67. The highest BCUT2D eigenvalue weighted by Crippen LogP contribution is 2.44. The normalized spacial score (nSPS) is 16.9. The second-order valence-corrected chi connectivity index (χ2v) is 9.77. The summed E-state index contributed by atoms with van der Waals surface area (Å²) in [5, 5.41) is 21.8. The van der Waals surface area contributed by atoms with Gasteiger partial charge in [-0.3, -0.25) is 0 Å². The molecule has 0 radical (unpaired) electrons. The summed E-state index contributed by atoms with van der Waals surface area (Å²) in [6.07, 6.45) is 1.23. The van der Waals surface area contributed by atoms with Gasteiger partial charge in [-0.05, 0) is 55.9 Å². The number of rotatable bonds is 9. The number of hydrogen-bond acceptors (Lipinski definition) is 6. The van der Waals surface area contributed by atoms with Crippen molar-refractivity contribution in [3.63, 3.8) is 0 Å². The molecular weight excluding hydrogens is 507 g/mol. The third-order valence-corrected chi connectivity index (χ3v) is 7.42. The fraction of sp³-hybridized carbons (Fsp3) is 0.417. The van der Waals surface area contributed by atoms with E-state index in [2.05, 4.69) is 9.72 Å². The molecule has 0 aliphatic heterocycles. The molecule has 194 valence electrons. The zero-order valence-corrected chi connectivity index (χ0v) is 19.9. The summed E-state index contributed by atoms with van der Waals surface area (Å²) in [5.41, 5.74) is -1.86. The third kappa shape index (κ3) is 5.70. The number of aromatic nitrogens is 2. The van der Waals surface area contributed by atoms with Gasteiger partial charge < -0.3 is 19.8 Å². The highest BCUT2D eigenvalue weighted by Gasteiger charge is 2.52. The fourth-order valence-corrected chi connectivity index (χ4v) is 4.78. The van der Waals surface area contributed by atoms with E-state index in [1.54, 1.807) is 12.1 Å². The molecule has 4 rings (SSSR count). The molecule has 1 aromatic carbocycles. The van der Waals surface area contributed by atoms with Crippen molar-refractivity contribution in [1.29, 1.82) is 0 Å². The summed E-state index contributed by atoms with van der Waals surface area (Å²) in [6, 6.07) is 7.52. The van der Waals surface area contributed by atoms with Crippen LogP contribution in [-0.4, -0.2) is 29.0 Å². The maximum Gasteiger partial charge on any atom is 0.422 e. The van der Waals surface area contributed by atoms with Crippen LogP contribution in [0, 0.1) is 5.21 Å². The van der Waals surface area contributed by atoms with Gasteiger partial charge in [-0.2, -0.15) is 26.7 Å². The molecule has 1 aliphatic rings. The molecule has 2 heterocycles. The minimum Gasteiger partial charge on any atom is -0.619 e. The minimum absolute atomic E-state index is 0.104. The van der Waals surface area contributed by atoms with Crippen LogP contribution in [0.1, 0.15) is 53.1 Å². The van der Waals surface area contributed by atoms with Gasteiger partial charge in [0.05, 0.1) is 11.0 Å². The van der Waals surface area contributed by atoms with Crippen molar-refractivity contribution in [3.8, 4) is 11.5 Å². The van der Waals surface area contributed by atoms with Crippen LogP contribution in [0.2, 0.25) is 0 Å². The molecule has 0 saturated heterocycles. The standard InChI is InChI=1S/C24H23F5N2O4S/c1-23(32,24(27,28)29)20-13-30-21(36-20)17(11-14-7-9-31(33)10-8-14)15-5-6-18(35-22(25)26)19(12-15)34-16-3-2-4-16/h5-10,12-13,16-17,22,32H,2-4,11H2,1H3. The Morgan fingerprint density at radius 3 is 2.44 bits per heavy atom. The average Bonchev–Trinajstić information content (AvgIpc) is 3.26. The Hall–Kier alpha value is -2.99. The zero-order chi connectivity index (χ0) is 26.1. The molecule has 1 aliphatic carbocycles. The first kappa shape index (κ1) is 26.1. The Morgan fingerprint density at radius 1 is 1.17 bits per heavy atom. The summed E-state index contributed by atoms with van der Waals surface area (Å²) in [6.45, 7) is -2.41. The molecule has 2 unspecified atom stereocenters. The highest BCUT2D eigenvalue weighted by atomic mass is 32.1. The number of pyridine rings is 1. The van der Waals surface area contributed by atoms with Gasteiger partial charge in [0.15, 0.2) is 29.5 Å². The predicted molar refractivity (Wildman–Crippen MR) is 120 cm³/mol. The van der Waals surface area contributed by atoms with Crippen molar-refractivity contribution in [1.82, 2.24) is 4.98 Å². The van der Waals surface area contributed by atoms with Crippen LogP contribution >= 0.6 is 11.3 Å². The lowest BCUT2D eigenvalue weighted by Crippen LogP contribution is -2.38. The van der Waals surface area contributed by atoms with E-state index in [1.807, 2.05) is 0 Å². The zero-order valence-electron chi connectivity index (χ0n) is 19.0. The Labute approximate surface area is 207 Å². The van der Waals surface area contributed by atoms with Crippen LogP contribution in [0.4, 0.5) is 22.0 Å². The van der Waals surface area contributed by atoms with Gasteiger partial charge in [-0.15, -0.1) is 11.3 Å². The summed E-state index contributed by atoms with van der Waals surface area (Å²) < 4.78 is 77.2. The van der Waals surface area contributed by atoms with Gasteiger partial charge in [0.2, 0.25) is 0 Å². The second kappa shape index (κ2) is 10.2. The van der Waals surface area contributed by atoms with Crippen molar-refractivity contribution in [2.24, 2.45) is 0 Å².